The van der Waals surface area contributed by atoms with Crippen molar-refractivity contribution in [1.29, 1.82) is 0 Å². The molecule has 7 heteroatoms. The molecule has 0 unspecified atom stereocenters. The Morgan fingerprint density at radius 3 is 2.63 bits per heavy atom. The first-order valence-corrected chi connectivity index (χ1v) is 6.27. The SMILES string of the molecule is CCOC(=O)COCCN(C)CC(=O)NCCOC. The van der Waals surface area contributed by atoms with Crippen LogP contribution in [-0.4, -0.2) is 77.0 Å². The highest BCUT2D eigenvalue weighted by atomic mass is 16.6. The summed E-state index contributed by atoms with van der Waals surface area (Å²) >= 11 is 0. The fourth-order valence-electron chi connectivity index (χ4n) is 1.25. The molecule has 0 aromatic rings. The number of hydrogen-bond donors (Lipinski definition) is 1. The van der Waals surface area contributed by atoms with Crippen LogP contribution in [0.3, 0.4) is 0 Å². The van der Waals surface area contributed by atoms with E-state index in [9.17, 15) is 9.59 Å². The maximum atomic E-state index is 11.4. The van der Waals surface area contributed by atoms with Crippen molar-refractivity contribution in [3.8, 4) is 0 Å². The van der Waals surface area contributed by atoms with Crippen LogP contribution in [0.1, 0.15) is 6.92 Å². The number of nitrogens with one attached hydrogen (secondary N) is 1. The molecule has 0 bridgehead atoms. The van der Waals surface area contributed by atoms with E-state index in [-0.39, 0.29) is 25.0 Å². The van der Waals surface area contributed by atoms with Gasteiger partial charge in [-0.25, -0.2) is 4.79 Å². The zero-order valence-corrected chi connectivity index (χ0v) is 11.9. The van der Waals surface area contributed by atoms with Crippen LogP contribution in [0.2, 0.25) is 0 Å². The lowest BCUT2D eigenvalue weighted by Crippen LogP contribution is -2.38. The second-order valence-electron chi connectivity index (χ2n) is 3.94. The maximum Gasteiger partial charge on any atom is 0.332 e. The van der Waals surface area contributed by atoms with E-state index in [1.54, 1.807) is 14.0 Å². The largest absolute Gasteiger partial charge is 0.464 e. The third-order valence-corrected chi connectivity index (χ3v) is 2.18. The molecule has 0 saturated heterocycles. The molecule has 0 aromatic carbocycles. The molecule has 0 aliphatic rings. The quantitative estimate of drug-likeness (QED) is 0.396. The Labute approximate surface area is 114 Å². The lowest BCUT2D eigenvalue weighted by atomic mass is 10.5. The summed E-state index contributed by atoms with van der Waals surface area (Å²) in [6.45, 7) is 4.27. The number of nitrogens with zero attached hydrogens (tertiary/aromatic N) is 1. The van der Waals surface area contributed by atoms with Crippen LogP contribution in [0.5, 0.6) is 0 Å². The van der Waals surface area contributed by atoms with Gasteiger partial charge in [0.1, 0.15) is 6.61 Å². The minimum absolute atomic E-state index is 0.0539. The van der Waals surface area contributed by atoms with Gasteiger partial charge in [0.25, 0.3) is 0 Å². The monoisotopic (exact) mass is 276 g/mol. The summed E-state index contributed by atoms with van der Waals surface area (Å²) in [5, 5.41) is 2.72. The summed E-state index contributed by atoms with van der Waals surface area (Å²) in [5.41, 5.74) is 0. The fourth-order valence-corrected chi connectivity index (χ4v) is 1.25. The van der Waals surface area contributed by atoms with Crippen molar-refractivity contribution in [2.24, 2.45) is 0 Å². The highest BCUT2D eigenvalue weighted by molar-refractivity contribution is 5.77. The van der Waals surface area contributed by atoms with Gasteiger partial charge in [-0.1, -0.05) is 0 Å². The molecular weight excluding hydrogens is 252 g/mol. The zero-order chi connectivity index (χ0) is 14.5. The van der Waals surface area contributed by atoms with E-state index in [1.807, 2.05) is 11.9 Å². The Kier molecular flexibility index (Phi) is 11.1. The normalized spacial score (nSPS) is 10.5. The van der Waals surface area contributed by atoms with Gasteiger partial charge < -0.3 is 19.5 Å². The molecule has 0 radical (unpaired) electrons. The predicted octanol–water partition coefficient (Wildman–Crippen LogP) is -0.739. The zero-order valence-electron chi connectivity index (χ0n) is 11.9. The van der Waals surface area contributed by atoms with Crippen molar-refractivity contribution < 1.29 is 23.8 Å². The Morgan fingerprint density at radius 2 is 2.00 bits per heavy atom. The lowest BCUT2D eigenvalue weighted by Gasteiger charge is -2.16. The number of hydrogen-bond acceptors (Lipinski definition) is 6. The fraction of sp³-hybridized carbons (Fsp3) is 0.833. The first-order valence-electron chi connectivity index (χ1n) is 6.27. The van der Waals surface area contributed by atoms with E-state index >= 15 is 0 Å². The van der Waals surface area contributed by atoms with Crippen LogP contribution in [0.25, 0.3) is 0 Å². The third-order valence-electron chi connectivity index (χ3n) is 2.18. The Morgan fingerprint density at radius 1 is 1.26 bits per heavy atom. The molecule has 19 heavy (non-hydrogen) atoms. The first kappa shape index (κ1) is 17.8. The topological polar surface area (TPSA) is 77.1 Å². The summed E-state index contributed by atoms with van der Waals surface area (Å²) in [6.07, 6.45) is 0. The minimum atomic E-state index is -0.373. The van der Waals surface area contributed by atoms with E-state index in [0.717, 1.165) is 0 Å². The number of carbonyl (C=O) groups excluding carboxylic acids is 2. The summed E-state index contributed by atoms with van der Waals surface area (Å²) in [5.74, 6) is -0.438. The first-order chi connectivity index (χ1) is 9.10. The van der Waals surface area contributed by atoms with Gasteiger partial charge >= 0.3 is 5.97 Å². The summed E-state index contributed by atoms with van der Waals surface area (Å²) in [4.78, 5) is 24.2. The lowest BCUT2D eigenvalue weighted by molar-refractivity contribution is -0.148. The van der Waals surface area contributed by atoms with Crippen LogP contribution in [0.15, 0.2) is 0 Å². The number of carbonyl (C=O) groups is 2. The molecule has 0 rings (SSSR count). The molecule has 0 saturated carbocycles. The van der Waals surface area contributed by atoms with Gasteiger partial charge in [0.15, 0.2) is 0 Å². The van der Waals surface area contributed by atoms with Crippen molar-refractivity contribution in [3.63, 3.8) is 0 Å². The standard InChI is InChI=1S/C12H24N2O5/c1-4-19-12(16)10-18-8-6-14(2)9-11(15)13-5-7-17-3/h4-10H2,1-3H3,(H,13,15). The molecule has 0 atom stereocenters. The van der Waals surface area contributed by atoms with E-state index < -0.39 is 0 Å². The summed E-state index contributed by atoms with van der Waals surface area (Å²) in [6, 6.07) is 0. The van der Waals surface area contributed by atoms with Crippen LogP contribution < -0.4 is 5.32 Å². The maximum absolute atomic E-state index is 11.4. The van der Waals surface area contributed by atoms with Crippen molar-refractivity contribution >= 4 is 11.9 Å². The van der Waals surface area contributed by atoms with Gasteiger partial charge in [-0.15, -0.1) is 0 Å². The smallest absolute Gasteiger partial charge is 0.332 e. The van der Waals surface area contributed by atoms with Gasteiger partial charge in [0.2, 0.25) is 5.91 Å². The predicted molar refractivity (Wildman–Crippen MR) is 69.8 cm³/mol. The van der Waals surface area contributed by atoms with Crippen molar-refractivity contribution in [1.82, 2.24) is 10.2 Å². The number of ether oxygens (including phenoxy) is 3. The molecule has 0 fully saturated rings. The van der Waals surface area contributed by atoms with Crippen molar-refractivity contribution in [3.05, 3.63) is 0 Å². The van der Waals surface area contributed by atoms with E-state index in [4.69, 9.17) is 14.2 Å². The molecule has 1 N–H and O–H groups in total. The molecule has 0 heterocycles. The van der Waals surface area contributed by atoms with E-state index in [1.165, 1.54) is 0 Å². The van der Waals surface area contributed by atoms with Gasteiger partial charge in [-0.05, 0) is 14.0 Å². The number of amides is 1. The minimum Gasteiger partial charge on any atom is -0.464 e. The Hall–Kier alpha value is -1.18. The number of rotatable bonds is 11. The molecule has 0 spiro atoms. The summed E-state index contributed by atoms with van der Waals surface area (Å²) in [7, 11) is 3.39. The Balaban J connectivity index is 3.50. The average molecular weight is 276 g/mol. The second-order valence-corrected chi connectivity index (χ2v) is 3.94. The van der Waals surface area contributed by atoms with Gasteiger partial charge in [-0.3, -0.25) is 9.69 Å². The molecule has 1 amide bonds. The van der Waals surface area contributed by atoms with Crippen LogP contribution >= 0.6 is 0 Å². The number of likely N-dealkylation sites (N-methyl/N-ethyl adjacent to an activating group) is 1. The van der Waals surface area contributed by atoms with Gasteiger partial charge in [0.05, 0.1) is 26.4 Å². The molecular formula is C12H24N2O5. The van der Waals surface area contributed by atoms with Crippen LogP contribution in [0.4, 0.5) is 0 Å². The number of methoxy groups -OCH3 is 1. The van der Waals surface area contributed by atoms with Crippen LogP contribution in [-0.2, 0) is 23.8 Å². The van der Waals surface area contributed by atoms with Crippen molar-refractivity contribution in [2.75, 3.05) is 60.2 Å². The van der Waals surface area contributed by atoms with E-state index in [2.05, 4.69) is 5.32 Å². The third kappa shape index (κ3) is 11.6. The molecule has 0 aromatic heterocycles. The molecule has 112 valence electrons. The molecule has 0 aliphatic carbocycles. The second kappa shape index (κ2) is 11.9. The average Bonchev–Trinajstić information content (AvgIpc) is 2.35. The highest BCUT2D eigenvalue weighted by Gasteiger charge is 2.06. The molecule has 7 nitrogen and oxygen atoms in total. The molecule has 0 aliphatic heterocycles. The van der Waals surface area contributed by atoms with Gasteiger partial charge in [-0.2, -0.15) is 0 Å². The van der Waals surface area contributed by atoms with Gasteiger partial charge in [0, 0.05) is 20.2 Å². The Bertz CT molecular complexity index is 261. The number of esters is 1. The highest BCUT2D eigenvalue weighted by Crippen LogP contribution is 1.86. The van der Waals surface area contributed by atoms with Crippen LogP contribution in [0, 0.1) is 0 Å². The van der Waals surface area contributed by atoms with E-state index in [0.29, 0.717) is 32.9 Å². The summed E-state index contributed by atoms with van der Waals surface area (Å²) < 4.78 is 14.7. The van der Waals surface area contributed by atoms with Crippen molar-refractivity contribution in [2.45, 2.75) is 6.92 Å².